The van der Waals surface area contributed by atoms with Crippen LogP contribution in [0, 0.1) is 0 Å². The van der Waals surface area contributed by atoms with Gasteiger partial charge >= 0.3 is 0 Å². The molecule has 1 amide bonds. The van der Waals surface area contributed by atoms with Crippen molar-refractivity contribution < 1.29 is 13.2 Å². The van der Waals surface area contributed by atoms with E-state index in [4.69, 9.17) is 0 Å². The standard InChI is InChI=1S/C22H23N3O3S2/c1-25(2)30(27,28)19-11-9-16(10-12-19)21(26)24-22-23-20(14-29-22)18-8-7-15-5-3-4-6-17(15)13-18/h7-14H,3-6H2,1-2H3,(H,23,24,26). The smallest absolute Gasteiger partial charge is 0.257 e. The van der Waals surface area contributed by atoms with Crippen LogP contribution < -0.4 is 5.32 Å². The van der Waals surface area contributed by atoms with E-state index < -0.39 is 10.0 Å². The second-order valence-corrected chi connectivity index (χ2v) is 10.5. The molecular formula is C22H23N3O3S2. The van der Waals surface area contributed by atoms with Gasteiger partial charge < -0.3 is 0 Å². The van der Waals surface area contributed by atoms with Crippen molar-refractivity contribution in [3.8, 4) is 11.3 Å². The Kier molecular flexibility index (Phi) is 5.73. The maximum Gasteiger partial charge on any atom is 0.257 e. The van der Waals surface area contributed by atoms with Crippen LogP contribution in [-0.4, -0.2) is 37.7 Å². The molecule has 6 nitrogen and oxygen atoms in total. The van der Waals surface area contributed by atoms with Crippen LogP contribution in [0.4, 0.5) is 5.13 Å². The molecule has 8 heteroatoms. The molecular weight excluding hydrogens is 418 g/mol. The van der Waals surface area contributed by atoms with E-state index in [0.29, 0.717) is 10.7 Å². The highest BCUT2D eigenvalue weighted by atomic mass is 32.2. The summed E-state index contributed by atoms with van der Waals surface area (Å²) >= 11 is 1.37. The topological polar surface area (TPSA) is 79.4 Å². The van der Waals surface area contributed by atoms with Gasteiger partial charge in [-0.2, -0.15) is 0 Å². The van der Waals surface area contributed by atoms with E-state index in [-0.39, 0.29) is 10.8 Å². The maximum atomic E-state index is 12.5. The SMILES string of the molecule is CN(C)S(=O)(=O)c1ccc(C(=O)Nc2nc(-c3ccc4c(c3)CCCC4)cs2)cc1. The molecule has 1 N–H and O–H groups in total. The van der Waals surface area contributed by atoms with E-state index in [1.165, 1.54) is 73.7 Å². The Balaban J connectivity index is 1.48. The molecule has 0 saturated heterocycles. The van der Waals surface area contributed by atoms with E-state index in [1.54, 1.807) is 0 Å². The van der Waals surface area contributed by atoms with Crippen LogP contribution in [0.2, 0.25) is 0 Å². The molecule has 0 saturated carbocycles. The van der Waals surface area contributed by atoms with Crippen molar-refractivity contribution in [2.45, 2.75) is 30.6 Å². The van der Waals surface area contributed by atoms with Gasteiger partial charge in [0.15, 0.2) is 5.13 Å². The number of carbonyl (C=O) groups excluding carboxylic acids is 1. The van der Waals surface area contributed by atoms with Gasteiger partial charge in [0.25, 0.3) is 5.91 Å². The average Bonchev–Trinajstić information content (AvgIpc) is 3.21. The van der Waals surface area contributed by atoms with Crippen LogP contribution >= 0.6 is 11.3 Å². The highest BCUT2D eigenvalue weighted by molar-refractivity contribution is 7.89. The van der Waals surface area contributed by atoms with Crippen molar-refractivity contribution in [3.05, 3.63) is 64.5 Å². The fourth-order valence-corrected chi connectivity index (χ4v) is 5.13. The summed E-state index contributed by atoms with van der Waals surface area (Å²) < 4.78 is 25.4. The molecule has 1 aliphatic rings. The van der Waals surface area contributed by atoms with Gasteiger partial charge in [-0.05, 0) is 67.1 Å². The molecule has 0 aliphatic heterocycles. The number of hydrogen-bond donors (Lipinski definition) is 1. The Morgan fingerprint density at radius 3 is 2.43 bits per heavy atom. The summed E-state index contributed by atoms with van der Waals surface area (Å²) in [7, 11) is -0.579. The van der Waals surface area contributed by atoms with Crippen molar-refractivity contribution in [2.75, 3.05) is 19.4 Å². The molecule has 1 aliphatic carbocycles. The van der Waals surface area contributed by atoms with E-state index in [2.05, 4.69) is 28.5 Å². The number of thiazole rings is 1. The average molecular weight is 442 g/mol. The first-order valence-electron chi connectivity index (χ1n) is 9.76. The number of hydrogen-bond acceptors (Lipinski definition) is 5. The molecule has 1 heterocycles. The predicted octanol–water partition coefficient (Wildman–Crippen LogP) is 4.19. The Labute approximate surface area is 180 Å². The summed E-state index contributed by atoms with van der Waals surface area (Å²) in [6, 6.07) is 12.4. The molecule has 0 unspecified atom stereocenters. The summed E-state index contributed by atoms with van der Waals surface area (Å²) in [6.07, 6.45) is 4.73. The lowest BCUT2D eigenvalue weighted by Crippen LogP contribution is -2.22. The van der Waals surface area contributed by atoms with E-state index >= 15 is 0 Å². The first-order chi connectivity index (χ1) is 14.3. The highest BCUT2D eigenvalue weighted by Crippen LogP contribution is 2.29. The van der Waals surface area contributed by atoms with Crippen LogP contribution in [0.25, 0.3) is 11.3 Å². The second-order valence-electron chi connectivity index (χ2n) is 7.49. The van der Waals surface area contributed by atoms with Crippen LogP contribution in [0.3, 0.4) is 0 Å². The van der Waals surface area contributed by atoms with Gasteiger partial charge in [-0.1, -0.05) is 12.1 Å². The number of fused-ring (bicyclic) bond motifs is 1. The number of rotatable bonds is 5. The second kappa shape index (κ2) is 8.29. The molecule has 3 aromatic rings. The Hall–Kier alpha value is -2.55. The first kappa shape index (κ1) is 20.7. The lowest BCUT2D eigenvalue weighted by molar-refractivity contribution is 0.102. The molecule has 4 rings (SSSR count). The van der Waals surface area contributed by atoms with Gasteiger partial charge in [0.05, 0.1) is 10.6 Å². The zero-order valence-electron chi connectivity index (χ0n) is 16.9. The summed E-state index contributed by atoms with van der Waals surface area (Å²) in [4.78, 5) is 17.2. The van der Waals surface area contributed by atoms with E-state index in [0.717, 1.165) is 28.4 Å². The molecule has 156 valence electrons. The third-order valence-electron chi connectivity index (χ3n) is 5.26. The molecule has 30 heavy (non-hydrogen) atoms. The minimum Gasteiger partial charge on any atom is -0.298 e. The lowest BCUT2D eigenvalue weighted by Gasteiger charge is -2.16. The maximum absolute atomic E-state index is 12.5. The normalized spacial score (nSPS) is 13.8. The number of nitrogens with zero attached hydrogens (tertiary/aromatic N) is 2. The highest BCUT2D eigenvalue weighted by Gasteiger charge is 2.18. The Morgan fingerprint density at radius 2 is 1.73 bits per heavy atom. The molecule has 1 aromatic heterocycles. The molecule has 0 fully saturated rings. The molecule has 0 spiro atoms. The van der Waals surface area contributed by atoms with E-state index in [9.17, 15) is 13.2 Å². The Bertz CT molecular complexity index is 1180. The largest absolute Gasteiger partial charge is 0.298 e. The van der Waals surface area contributed by atoms with Gasteiger partial charge in [-0.25, -0.2) is 17.7 Å². The van der Waals surface area contributed by atoms with Crippen LogP contribution in [0.1, 0.15) is 34.3 Å². The quantitative estimate of drug-likeness (QED) is 0.644. The minimum absolute atomic E-state index is 0.146. The molecule has 2 aromatic carbocycles. The monoisotopic (exact) mass is 441 g/mol. The number of sulfonamides is 1. The molecule has 0 atom stereocenters. The number of benzene rings is 2. The van der Waals surface area contributed by atoms with E-state index in [1.807, 2.05) is 5.38 Å². The third-order valence-corrected chi connectivity index (χ3v) is 7.85. The summed E-state index contributed by atoms with van der Waals surface area (Å²) in [5, 5.41) is 5.25. The van der Waals surface area contributed by atoms with Crippen LogP contribution in [-0.2, 0) is 22.9 Å². The predicted molar refractivity (Wildman–Crippen MR) is 119 cm³/mol. The summed E-state index contributed by atoms with van der Waals surface area (Å²) in [5.74, 6) is -0.324. The van der Waals surface area contributed by atoms with Crippen LogP contribution in [0.15, 0.2) is 52.7 Å². The number of aromatic nitrogens is 1. The van der Waals surface area contributed by atoms with Crippen molar-refractivity contribution in [1.82, 2.24) is 9.29 Å². The van der Waals surface area contributed by atoms with Gasteiger partial charge in [0.1, 0.15) is 0 Å². The lowest BCUT2D eigenvalue weighted by atomic mass is 9.90. The van der Waals surface area contributed by atoms with Gasteiger partial charge in [-0.15, -0.1) is 11.3 Å². The van der Waals surface area contributed by atoms with Crippen molar-refractivity contribution in [1.29, 1.82) is 0 Å². The Morgan fingerprint density at radius 1 is 1.03 bits per heavy atom. The first-order valence-corrected chi connectivity index (χ1v) is 12.1. The number of amides is 1. The van der Waals surface area contributed by atoms with Gasteiger partial charge in [0, 0.05) is 30.6 Å². The fourth-order valence-electron chi connectivity index (χ4n) is 3.51. The third kappa shape index (κ3) is 4.16. The van der Waals surface area contributed by atoms with Crippen molar-refractivity contribution >= 4 is 32.4 Å². The van der Waals surface area contributed by atoms with Crippen molar-refractivity contribution in [2.24, 2.45) is 0 Å². The van der Waals surface area contributed by atoms with Crippen molar-refractivity contribution in [3.63, 3.8) is 0 Å². The number of anilines is 1. The summed E-state index contributed by atoms with van der Waals surface area (Å²) in [5.41, 5.74) is 5.10. The van der Waals surface area contributed by atoms with Crippen LogP contribution in [0.5, 0.6) is 0 Å². The molecule has 0 bridgehead atoms. The summed E-state index contributed by atoms with van der Waals surface area (Å²) in [6.45, 7) is 0. The fraction of sp³-hybridized carbons (Fsp3) is 0.273. The molecule has 0 radical (unpaired) electrons. The number of aryl methyl sites for hydroxylation is 2. The minimum atomic E-state index is -3.52. The zero-order valence-corrected chi connectivity index (χ0v) is 18.5. The zero-order chi connectivity index (χ0) is 21.3. The van der Waals surface area contributed by atoms with Gasteiger partial charge in [0.2, 0.25) is 10.0 Å². The number of nitrogens with one attached hydrogen (secondary N) is 1. The number of carbonyl (C=O) groups is 1. The van der Waals surface area contributed by atoms with Gasteiger partial charge in [-0.3, -0.25) is 10.1 Å².